The molecule has 10 heteroatoms. The Kier molecular flexibility index (Phi) is 9.09. The number of carbonyl (C=O) groups excluding carboxylic acids is 3. The second-order valence-electron chi connectivity index (χ2n) is 9.12. The number of nitrogens with zero attached hydrogens (tertiary/aromatic N) is 1. The zero-order valence-electron chi connectivity index (χ0n) is 21.2. The van der Waals surface area contributed by atoms with Crippen LogP contribution in [0.15, 0.2) is 66.7 Å². The maximum atomic E-state index is 13.2. The lowest BCUT2D eigenvalue weighted by molar-refractivity contribution is -0.121. The van der Waals surface area contributed by atoms with E-state index < -0.39 is 12.5 Å². The van der Waals surface area contributed by atoms with Crippen molar-refractivity contribution in [2.24, 2.45) is 0 Å². The van der Waals surface area contributed by atoms with E-state index in [1.54, 1.807) is 30.3 Å². The van der Waals surface area contributed by atoms with Gasteiger partial charge in [-0.15, -0.1) is 0 Å². The molecule has 0 atom stereocenters. The van der Waals surface area contributed by atoms with Gasteiger partial charge in [-0.25, -0.2) is 0 Å². The number of phenols is 1. The first-order valence-electron chi connectivity index (χ1n) is 12.6. The summed E-state index contributed by atoms with van der Waals surface area (Å²) in [6.07, 6.45) is 1.56. The molecule has 8 nitrogen and oxygen atoms in total. The minimum absolute atomic E-state index is 0.0716. The highest BCUT2D eigenvalue weighted by Gasteiger charge is 2.19. The fourth-order valence-corrected chi connectivity index (χ4v) is 4.32. The Bertz CT molecular complexity index is 1330. The van der Waals surface area contributed by atoms with Gasteiger partial charge in [-0.3, -0.25) is 14.4 Å². The van der Waals surface area contributed by atoms with Gasteiger partial charge in [0.2, 0.25) is 5.91 Å². The number of alkyl halides is 2. The molecule has 1 aliphatic heterocycles. The molecule has 39 heavy (non-hydrogen) atoms. The summed E-state index contributed by atoms with van der Waals surface area (Å²) in [6, 6.07) is 17.5. The topological polar surface area (TPSA) is 108 Å². The molecule has 0 radical (unpaired) electrons. The lowest BCUT2D eigenvalue weighted by Crippen LogP contribution is -2.42. The highest BCUT2D eigenvalue weighted by molar-refractivity contribution is 5.97. The van der Waals surface area contributed by atoms with Crippen molar-refractivity contribution in [1.29, 1.82) is 0 Å². The number of carbonyl (C=O) groups is 3. The van der Waals surface area contributed by atoms with Crippen molar-refractivity contribution in [2.45, 2.75) is 25.9 Å². The first kappa shape index (κ1) is 27.6. The first-order chi connectivity index (χ1) is 18.8. The standard InChI is InChI=1S/C29H29F2N3O5/c30-29(31)39-23-9-7-20(8-10-23)28(38)34-15-2-1-13-33-27(37)22-5-3-4-21(17-22)24-16-19(6-11-25(24)35)12-14-32-26(36)18-34/h3-11,16-17,29,35H,1-2,12-15,18H2,(H,32,36)(H,33,37). The van der Waals surface area contributed by atoms with Crippen LogP contribution in [0.1, 0.15) is 39.1 Å². The van der Waals surface area contributed by atoms with Crippen LogP contribution in [0.5, 0.6) is 11.5 Å². The Labute approximate surface area is 224 Å². The van der Waals surface area contributed by atoms with Crippen LogP contribution in [0.2, 0.25) is 0 Å². The summed E-state index contributed by atoms with van der Waals surface area (Å²) in [4.78, 5) is 40.0. The summed E-state index contributed by atoms with van der Waals surface area (Å²) in [5, 5.41) is 16.1. The molecule has 0 spiro atoms. The second kappa shape index (κ2) is 12.9. The van der Waals surface area contributed by atoms with Crippen LogP contribution in [-0.2, 0) is 11.2 Å². The van der Waals surface area contributed by atoms with E-state index in [0.29, 0.717) is 49.0 Å². The predicted molar refractivity (Wildman–Crippen MR) is 141 cm³/mol. The number of halogens is 2. The van der Waals surface area contributed by atoms with E-state index in [2.05, 4.69) is 15.4 Å². The predicted octanol–water partition coefficient (Wildman–Crippen LogP) is 3.99. The van der Waals surface area contributed by atoms with E-state index in [1.165, 1.54) is 29.2 Å². The van der Waals surface area contributed by atoms with Crippen LogP contribution in [-0.4, -0.2) is 60.5 Å². The molecule has 3 aromatic carbocycles. The van der Waals surface area contributed by atoms with Crippen LogP contribution < -0.4 is 15.4 Å². The number of phenolic OH excluding ortho intramolecular Hbond substituents is 1. The third-order valence-electron chi connectivity index (χ3n) is 6.32. The van der Waals surface area contributed by atoms with Gasteiger partial charge in [0.05, 0.1) is 6.54 Å². The summed E-state index contributed by atoms with van der Waals surface area (Å²) in [7, 11) is 0. The molecular weight excluding hydrogens is 508 g/mol. The Morgan fingerprint density at radius 1 is 0.923 bits per heavy atom. The van der Waals surface area contributed by atoms with Gasteiger partial charge in [-0.1, -0.05) is 18.2 Å². The van der Waals surface area contributed by atoms with Crippen molar-refractivity contribution in [1.82, 2.24) is 15.5 Å². The van der Waals surface area contributed by atoms with E-state index in [0.717, 1.165) is 5.56 Å². The molecule has 0 fully saturated rings. The van der Waals surface area contributed by atoms with Crippen molar-refractivity contribution in [2.75, 3.05) is 26.2 Å². The molecule has 0 saturated carbocycles. The molecule has 4 bridgehead atoms. The number of hydrogen-bond acceptors (Lipinski definition) is 5. The molecule has 1 aliphatic rings. The molecule has 0 saturated heterocycles. The minimum atomic E-state index is -2.97. The maximum Gasteiger partial charge on any atom is 0.387 e. The van der Waals surface area contributed by atoms with E-state index in [4.69, 9.17) is 0 Å². The number of amides is 3. The van der Waals surface area contributed by atoms with Crippen LogP contribution in [0, 0.1) is 0 Å². The summed E-state index contributed by atoms with van der Waals surface area (Å²) in [5.74, 6) is -1.02. The van der Waals surface area contributed by atoms with Crippen molar-refractivity contribution in [3.8, 4) is 22.6 Å². The lowest BCUT2D eigenvalue weighted by atomic mass is 9.98. The summed E-state index contributed by atoms with van der Waals surface area (Å²) >= 11 is 0. The SMILES string of the molecule is O=C1CN(C(=O)c2ccc(OC(F)F)cc2)CCCCNC(=O)c2cccc(c2)-c2cc(ccc2O)CCN1. The fourth-order valence-electron chi connectivity index (χ4n) is 4.32. The molecule has 3 aromatic rings. The Morgan fingerprint density at radius 3 is 2.46 bits per heavy atom. The molecule has 0 aliphatic carbocycles. The highest BCUT2D eigenvalue weighted by atomic mass is 19.3. The van der Waals surface area contributed by atoms with Gasteiger partial charge in [0.15, 0.2) is 0 Å². The largest absolute Gasteiger partial charge is 0.507 e. The van der Waals surface area contributed by atoms with Crippen molar-refractivity contribution in [3.63, 3.8) is 0 Å². The molecular formula is C29H29F2N3O5. The fraction of sp³-hybridized carbons (Fsp3) is 0.276. The first-order valence-corrected chi connectivity index (χ1v) is 12.6. The monoisotopic (exact) mass is 537 g/mol. The summed E-state index contributed by atoms with van der Waals surface area (Å²) < 4.78 is 29.2. The van der Waals surface area contributed by atoms with Gasteiger partial charge in [0.1, 0.15) is 11.5 Å². The lowest BCUT2D eigenvalue weighted by Gasteiger charge is -2.23. The number of aromatic hydroxyl groups is 1. The maximum absolute atomic E-state index is 13.2. The molecule has 3 N–H and O–H groups in total. The molecule has 3 amide bonds. The van der Waals surface area contributed by atoms with Gasteiger partial charge < -0.3 is 25.4 Å². The number of fused-ring (bicyclic) bond motifs is 5. The average Bonchev–Trinajstić information content (AvgIpc) is 2.92. The van der Waals surface area contributed by atoms with Gasteiger partial charge >= 0.3 is 6.61 Å². The Balaban J connectivity index is 1.51. The molecule has 0 unspecified atom stereocenters. The van der Waals surface area contributed by atoms with Crippen LogP contribution in [0.3, 0.4) is 0 Å². The van der Waals surface area contributed by atoms with Gasteiger partial charge in [0.25, 0.3) is 11.8 Å². The zero-order chi connectivity index (χ0) is 27.8. The molecule has 4 rings (SSSR count). The number of nitrogens with one attached hydrogen (secondary N) is 2. The van der Waals surface area contributed by atoms with Crippen molar-refractivity contribution in [3.05, 3.63) is 83.4 Å². The van der Waals surface area contributed by atoms with Crippen LogP contribution in [0.4, 0.5) is 8.78 Å². The smallest absolute Gasteiger partial charge is 0.387 e. The van der Waals surface area contributed by atoms with Crippen LogP contribution in [0.25, 0.3) is 11.1 Å². The summed E-state index contributed by atoms with van der Waals surface area (Å²) in [6.45, 7) is -2.23. The quantitative estimate of drug-likeness (QED) is 0.469. The van der Waals surface area contributed by atoms with E-state index in [-0.39, 0.29) is 42.0 Å². The Morgan fingerprint density at radius 2 is 1.69 bits per heavy atom. The third kappa shape index (κ3) is 7.53. The van der Waals surface area contributed by atoms with Gasteiger partial charge in [-0.05, 0) is 78.9 Å². The molecule has 1 heterocycles. The third-order valence-corrected chi connectivity index (χ3v) is 6.32. The number of rotatable bonds is 3. The van der Waals surface area contributed by atoms with Gasteiger partial charge in [0, 0.05) is 36.3 Å². The Hall–Kier alpha value is -4.47. The van der Waals surface area contributed by atoms with E-state index in [9.17, 15) is 28.3 Å². The van der Waals surface area contributed by atoms with E-state index in [1.807, 2.05) is 12.1 Å². The zero-order valence-corrected chi connectivity index (χ0v) is 21.2. The van der Waals surface area contributed by atoms with Crippen molar-refractivity contribution < 1.29 is 33.0 Å². The number of benzene rings is 3. The van der Waals surface area contributed by atoms with E-state index >= 15 is 0 Å². The van der Waals surface area contributed by atoms with Gasteiger partial charge in [-0.2, -0.15) is 8.78 Å². The second-order valence-corrected chi connectivity index (χ2v) is 9.12. The van der Waals surface area contributed by atoms with Crippen LogP contribution >= 0.6 is 0 Å². The molecule has 0 aromatic heterocycles. The normalized spacial score (nSPS) is 15.1. The number of hydrogen-bond donors (Lipinski definition) is 3. The summed E-state index contributed by atoms with van der Waals surface area (Å²) in [5.41, 5.74) is 2.85. The average molecular weight is 538 g/mol. The van der Waals surface area contributed by atoms with Crippen molar-refractivity contribution >= 4 is 17.7 Å². The molecule has 204 valence electrons. The minimum Gasteiger partial charge on any atom is -0.507 e. The number of ether oxygens (including phenoxy) is 1. The highest BCUT2D eigenvalue weighted by Crippen LogP contribution is 2.31.